The molecule has 2 N–H and O–H groups in total. The minimum Gasteiger partial charge on any atom is -0.480 e. The van der Waals surface area contributed by atoms with Crippen molar-refractivity contribution in [3.8, 4) is 0 Å². The van der Waals surface area contributed by atoms with Gasteiger partial charge in [0.2, 0.25) is 0 Å². The first-order valence-electron chi connectivity index (χ1n) is 3.28. The lowest BCUT2D eigenvalue weighted by atomic mass is 10.4. The second-order valence-corrected chi connectivity index (χ2v) is 2.10. The number of carboxylic acids is 1. The summed E-state index contributed by atoms with van der Waals surface area (Å²) in [5.74, 6) is -1.49. The van der Waals surface area contributed by atoms with E-state index in [4.69, 9.17) is 5.11 Å². The monoisotopic (exact) mass is 173 g/mol. The van der Waals surface area contributed by atoms with Crippen molar-refractivity contribution >= 4 is 11.9 Å². The third kappa shape index (κ3) is 5.28. The molecular weight excluding hydrogens is 162 g/mol. The molecule has 0 heterocycles. The Hall–Kier alpha value is -1.52. The van der Waals surface area contributed by atoms with Gasteiger partial charge in [0.25, 0.3) is 0 Å². The minimum atomic E-state index is -0.979. The van der Waals surface area contributed by atoms with Gasteiger partial charge < -0.3 is 15.2 Å². The van der Waals surface area contributed by atoms with Crippen LogP contribution in [0.4, 0.5) is 0 Å². The molecule has 0 amide bonds. The highest BCUT2D eigenvalue weighted by atomic mass is 16.5. The summed E-state index contributed by atoms with van der Waals surface area (Å²) in [5.41, 5.74) is 0.462. The quantitative estimate of drug-likeness (QED) is 0.452. The molecule has 5 nitrogen and oxygen atoms in total. The van der Waals surface area contributed by atoms with E-state index in [1.807, 2.05) is 0 Å². The van der Waals surface area contributed by atoms with Gasteiger partial charge in [0.15, 0.2) is 0 Å². The van der Waals surface area contributed by atoms with Crippen LogP contribution in [0.25, 0.3) is 0 Å². The van der Waals surface area contributed by atoms with E-state index >= 15 is 0 Å². The third-order valence-electron chi connectivity index (χ3n) is 1.05. The molecule has 12 heavy (non-hydrogen) atoms. The lowest BCUT2D eigenvalue weighted by molar-refractivity contribution is -0.136. The SMILES string of the molecule is COC(=O)/C=C(\C)NCC(=O)O. The molecule has 0 aromatic heterocycles. The Balaban J connectivity index is 3.85. The summed E-state index contributed by atoms with van der Waals surface area (Å²) in [6.07, 6.45) is 1.18. The fourth-order valence-electron chi connectivity index (χ4n) is 0.502. The molecule has 0 unspecified atom stereocenters. The Labute approximate surface area is 70.0 Å². The van der Waals surface area contributed by atoms with Crippen LogP contribution in [0.1, 0.15) is 6.92 Å². The number of methoxy groups -OCH3 is 1. The van der Waals surface area contributed by atoms with Crippen molar-refractivity contribution in [2.45, 2.75) is 6.92 Å². The van der Waals surface area contributed by atoms with Crippen molar-refractivity contribution < 1.29 is 19.4 Å². The molecule has 0 atom stereocenters. The Bertz CT molecular complexity index is 209. The van der Waals surface area contributed by atoms with Gasteiger partial charge in [-0.2, -0.15) is 0 Å². The van der Waals surface area contributed by atoms with Crippen LogP contribution in [0.3, 0.4) is 0 Å². The van der Waals surface area contributed by atoms with Crippen LogP contribution in [-0.4, -0.2) is 30.7 Å². The van der Waals surface area contributed by atoms with Gasteiger partial charge in [0.05, 0.1) is 7.11 Å². The normalized spacial score (nSPS) is 10.7. The smallest absolute Gasteiger partial charge is 0.332 e. The second kappa shape index (κ2) is 5.17. The third-order valence-corrected chi connectivity index (χ3v) is 1.05. The second-order valence-electron chi connectivity index (χ2n) is 2.10. The zero-order valence-electron chi connectivity index (χ0n) is 6.96. The first-order valence-corrected chi connectivity index (χ1v) is 3.28. The van der Waals surface area contributed by atoms with E-state index in [2.05, 4.69) is 10.1 Å². The molecule has 0 rings (SSSR count). The van der Waals surface area contributed by atoms with Crippen molar-refractivity contribution in [2.75, 3.05) is 13.7 Å². The molecule has 0 aromatic rings. The van der Waals surface area contributed by atoms with Gasteiger partial charge in [-0.1, -0.05) is 0 Å². The van der Waals surface area contributed by atoms with Crippen molar-refractivity contribution in [1.82, 2.24) is 5.32 Å². The molecule has 68 valence electrons. The molecule has 0 saturated carbocycles. The van der Waals surface area contributed by atoms with Crippen LogP contribution < -0.4 is 5.32 Å². The number of hydrogen-bond donors (Lipinski definition) is 2. The number of esters is 1. The molecule has 0 bridgehead atoms. The molecule has 0 fully saturated rings. The van der Waals surface area contributed by atoms with Crippen molar-refractivity contribution in [1.29, 1.82) is 0 Å². The fraction of sp³-hybridized carbons (Fsp3) is 0.429. The van der Waals surface area contributed by atoms with Crippen molar-refractivity contribution in [3.05, 3.63) is 11.8 Å². The van der Waals surface area contributed by atoms with Crippen LogP contribution in [0.2, 0.25) is 0 Å². The van der Waals surface area contributed by atoms with Gasteiger partial charge in [-0.15, -0.1) is 0 Å². The van der Waals surface area contributed by atoms with Gasteiger partial charge in [0, 0.05) is 11.8 Å². The zero-order valence-corrected chi connectivity index (χ0v) is 6.96. The fourth-order valence-corrected chi connectivity index (χ4v) is 0.502. The number of carbonyl (C=O) groups is 2. The molecule has 0 aliphatic heterocycles. The highest BCUT2D eigenvalue weighted by molar-refractivity contribution is 5.82. The number of nitrogens with one attached hydrogen (secondary N) is 1. The van der Waals surface area contributed by atoms with E-state index in [9.17, 15) is 9.59 Å². The summed E-state index contributed by atoms with van der Waals surface area (Å²) >= 11 is 0. The standard InChI is InChI=1S/C7H11NO4/c1-5(3-7(11)12-2)8-4-6(9)10/h3,8H,4H2,1-2H3,(H,9,10)/b5-3+. The molecular formula is C7H11NO4. The number of rotatable bonds is 4. The number of allylic oxidation sites excluding steroid dienone is 1. The van der Waals surface area contributed by atoms with Crippen LogP contribution in [0.5, 0.6) is 0 Å². The van der Waals surface area contributed by atoms with E-state index < -0.39 is 11.9 Å². The van der Waals surface area contributed by atoms with Gasteiger partial charge >= 0.3 is 11.9 Å². The average Bonchev–Trinajstić information content (AvgIpc) is 2.00. The predicted octanol–water partition coefficient (Wildman–Crippen LogP) is -0.263. The first-order chi connectivity index (χ1) is 5.56. The Morgan fingerprint density at radius 2 is 2.17 bits per heavy atom. The Morgan fingerprint density at radius 3 is 2.58 bits per heavy atom. The molecule has 0 aromatic carbocycles. The van der Waals surface area contributed by atoms with E-state index in [1.54, 1.807) is 6.92 Å². The van der Waals surface area contributed by atoms with Gasteiger partial charge in [-0.25, -0.2) is 4.79 Å². The number of ether oxygens (including phenoxy) is 1. The number of carbonyl (C=O) groups excluding carboxylic acids is 1. The Kier molecular flexibility index (Phi) is 4.52. The van der Waals surface area contributed by atoms with Gasteiger partial charge in [-0.3, -0.25) is 4.79 Å². The number of hydrogen-bond acceptors (Lipinski definition) is 4. The summed E-state index contributed by atoms with van der Waals surface area (Å²) in [5, 5.41) is 10.8. The van der Waals surface area contributed by atoms with Crippen LogP contribution >= 0.6 is 0 Å². The van der Waals surface area contributed by atoms with Crippen LogP contribution in [0.15, 0.2) is 11.8 Å². The highest BCUT2D eigenvalue weighted by Crippen LogP contribution is 1.87. The van der Waals surface area contributed by atoms with E-state index in [1.165, 1.54) is 13.2 Å². The zero-order chi connectivity index (χ0) is 9.56. The minimum absolute atomic E-state index is 0.209. The molecule has 0 aliphatic carbocycles. The lowest BCUT2D eigenvalue weighted by Crippen LogP contribution is -2.21. The van der Waals surface area contributed by atoms with Gasteiger partial charge in [0.1, 0.15) is 6.54 Å². The van der Waals surface area contributed by atoms with Crippen molar-refractivity contribution in [2.24, 2.45) is 0 Å². The van der Waals surface area contributed by atoms with E-state index in [0.717, 1.165) is 0 Å². The lowest BCUT2D eigenvalue weighted by Gasteiger charge is -2.01. The molecule has 0 saturated heterocycles. The topological polar surface area (TPSA) is 75.6 Å². The van der Waals surface area contributed by atoms with Gasteiger partial charge in [-0.05, 0) is 6.92 Å². The van der Waals surface area contributed by atoms with Crippen LogP contribution in [0, 0.1) is 0 Å². The summed E-state index contributed by atoms with van der Waals surface area (Å²) in [6, 6.07) is 0. The highest BCUT2D eigenvalue weighted by Gasteiger charge is 1.98. The van der Waals surface area contributed by atoms with E-state index in [-0.39, 0.29) is 6.54 Å². The number of carboxylic acid groups (broad SMARTS) is 1. The molecule has 0 spiro atoms. The predicted molar refractivity (Wildman–Crippen MR) is 41.4 cm³/mol. The maximum Gasteiger partial charge on any atom is 0.332 e. The molecule has 5 heteroatoms. The van der Waals surface area contributed by atoms with Crippen LogP contribution in [-0.2, 0) is 14.3 Å². The summed E-state index contributed by atoms with van der Waals surface area (Å²) in [4.78, 5) is 20.6. The first kappa shape index (κ1) is 10.5. The molecule has 0 aliphatic rings. The summed E-state index contributed by atoms with van der Waals surface area (Å²) in [6.45, 7) is 1.37. The Morgan fingerprint density at radius 1 is 1.58 bits per heavy atom. The largest absolute Gasteiger partial charge is 0.480 e. The van der Waals surface area contributed by atoms with E-state index in [0.29, 0.717) is 5.70 Å². The summed E-state index contributed by atoms with van der Waals surface area (Å²) in [7, 11) is 1.25. The molecule has 0 radical (unpaired) electrons. The maximum atomic E-state index is 10.6. The average molecular weight is 173 g/mol. The maximum absolute atomic E-state index is 10.6. The summed E-state index contributed by atoms with van der Waals surface area (Å²) < 4.78 is 4.32. The number of aliphatic carboxylic acids is 1. The van der Waals surface area contributed by atoms with Crippen molar-refractivity contribution in [3.63, 3.8) is 0 Å².